The number of hydrogen-bond donors (Lipinski definition) is 0. The van der Waals surface area contributed by atoms with Crippen LogP contribution in [0.2, 0.25) is 0 Å². The fraction of sp³-hybridized carbons (Fsp3) is 0.381. The summed E-state index contributed by atoms with van der Waals surface area (Å²) in [7, 11) is 3.20. The molecule has 1 aliphatic rings. The number of para-hydroxylation sites is 1. The molecule has 1 aliphatic heterocycles. The molecular weight excluding hydrogens is 330 g/mol. The van der Waals surface area contributed by atoms with E-state index in [0.29, 0.717) is 24.5 Å². The van der Waals surface area contributed by atoms with Crippen LogP contribution >= 0.6 is 0 Å². The van der Waals surface area contributed by atoms with Gasteiger partial charge in [-0.2, -0.15) is 0 Å². The molecule has 0 N–H and O–H groups in total. The number of methoxy groups -OCH3 is 2. The van der Waals surface area contributed by atoms with Crippen LogP contribution in [0.4, 0.5) is 0 Å². The normalized spacial score (nSPS) is 16.8. The van der Waals surface area contributed by atoms with E-state index in [1.807, 2.05) is 53.4 Å². The molecular formula is C21H25NO4. The van der Waals surface area contributed by atoms with Gasteiger partial charge >= 0.3 is 0 Å². The zero-order valence-electron chi connectivity index (χ0n) is 15.3. The van der Waals surface area contributed by atoms with E-state index < -0.39 is 0 Å². The van der Waals surface area contributed by atoms with Gasteiger partial charge in [0.2, 0.25) is 5.91 Å². The van der Waals surface area contributed by atoms with Crippen molar-refractivity contribution in [2.75, 3.05) is 27.3 Å². The molecule has 1 unspecified atom stereocenters. The van der Waals surface area contributed by atoms with Gasteiger partial charge in [-0.1, -0.05) is 24.3 Å². The lowest BCUT2D eigenvalue weighted by atomic mass is 10.1. The first-order valence-corrected chi connectivity index (χ1v) is 8.90. The molecule has 2 aromatic carbocycles. The summed E-state index contributed by atoms with van der Waals surface area (Å²) in [5.74, 6) is 2.27. The Hall–Kier alpha value is -2.69. The minimum atomic E-state index is 0.0421. The van der Waals surface area contributed by atoms with Gasteiger partial charge in [0.15, 0.2) is 11.5 Å². The largest absolute Gasteiger partial charge is 0.493 e. The molecule has 3 rings (SSSR count). The van der Waals surface area contributed by atoms with Crippen molar-refractivity contribution in [2.24, 2.45) is 0 Å². The maximum absolute atomic E-state index is 12.7. The van der Waals surface area contributed by atoms with Gasteiger partial charge in [0, 0.05) is 6.54 Å². The van der Waals surface area contributed by atoms with E-state index in [2.05, 4.69) is 0 Å². The summed E-state index contributed by atoms with van der Waals surface area (Å²) in [6.45, 7) is 1.40. The van der Waals surface area contributed by atoms with Gasteiger partial charge in [0.05, 0.1) is 27.2 Å². The number of rotatable bonds is 6. The summed E-state index contributed by atoms with van der Waals surface area (Å²) >= 11 is 0. The van der Waals surface area contributed by atoms with Crippen molar-refractivity contribution in [3.05, 3.63) is 54.1 Å². The molecule has 1 heterocycles. The fourth-order valence-electron chi connectivity index (χ4n) is 3.23. The molecule has 1 atom stereocenters. The van der Waals surface area contributed by atoms with E-state index >= 15 is 0 Å². The smallest absolute Gasteiger partial charge is 0.227 e. The van der Waals surface area contributed by atoms with Crippen LogP contribution in [0.1, 0.15) is 18.4 Å². The second-order valence-corrected chi connectivity index (χ2v) is 6.40. The van der Waals surface area contributed by atoms with E-state index in [-0.39, 0.29) is 12.0 Å². The Balaban J connectivity index is 1.60. The first-order chi connectivity index (χ1) is 12.7. The highest BCUT2D eigenvalue weighted by molar-refractivity contribution is 5.79. The molecule has 1 fully saturated rings. The van der Waals surface area contributed by atoms with Gasteiger partial charge in [0.1, 0.15) is 11.9 Å². The van der Waals surface area contributed by atoms with Crippen LogP contribution < -0.4 is 14.2 Å². The molecule has 0 aliphatic carbocycles. The van der Waals surface area contributed by atoms with Crippen molar-refractivity contribution in [3.8, 4) is 17.2 Å². The van der Waals surface area contributed by atoms with Crippen LogP contribution in [0, 0.1) is 0 Å². The van der Waals surface area contributed by atoms with Crippen LogP contribution in [0.25, 0.3) is 0 Å². The predicted molar refractivity (Wildman–Crippen MR) is 99.9 cm³/mol. The average Bonchev–Trinajstić information content (AvgIpc) is 2.69. The van der Waals surface area contributed by atoms with Crippen molar-refractivity contribution < 1.29 is 19.0 Å². The summed E-state index contributed by atoms with van der Waals surface area (Å²) in [4.78, 5) is 14.6. The molecule has 0 bridgehead atoms. The van der Waals surface area contributed by atoms with E-state index in [1.165, 1.54) is 0 Å². The van der Waals surface area contributed by atoms with E-state index in [0.717, 1.165) is 30.7 Å². The van der Waals surface area contributed by atoms with Crippen LogP contribution in [0.15, 0.2) is 48.5 Å². The summed E-state index contributed by atoms with van der Waals surface area (Å²) in [6, 6.07) is 15.4. The molecule has 0 aromatic heterocycles. The number of likely N-dealkylation sites (tertiary alicyclic amines) is 1. The van der Waals surface area contributed by atoms with Crippen LogP contribution in [0.5, 0.6) is 17.2 Å². The topological polar surface area (TPSA) is 48.0 Å². The highest BCUT2D eigenvalue weighted by Gasteiger charge is 2.25. The number of carbonyl (C=O) groups excluding carboxylic acids is 1. The first-order valence-electron chi connectivity index (χ1n) is 8.90. The average molecular weight is 355 g/mol. The van der Waals surface area contributed by atoms with Gasteiger partial charge in [-0.3, -0.25) is 4.79 Å². The number of benzene rings is 2. The molecule has 138 valence electrons. The number of nitrogens with zero attached hydrogens (tertiary/aromatic N) is 1. The number of amides is 1. The Kier molecular flexibility index (Phi) is 6.00. The highest BCUT2D eigenvalue weighted by Crippen LogP contribution is 2.28. The SMILES string of the molecule is COc1ccc(CC(=O)N2CCCC(Oc3ccccc3)C2)cc1OC. The minimum absolute atomic E-state index is 0.0421. The zero-order chi connectivity index (χ0) is 18.4. The van der Waals surface area contributed by atoms with Gasteiger partial charge in [-0.15, -0.1) is 0 Å². The van der Waals surface area contributed by atoms with Gasteiger partial charge in [-0.25, -0.2) is 0 Å². The Labute approximate surface area is 154 Å². The number of carbonyl (C=O) groups is 1. The van der Waals surface area contributed by atoms with E-state index in [9.17, 15) is 4.79 Å². The van der Waals surface area contributed by atoms with Crippen molar-refractivity contribution in [2.45, 2.75) is 25.4 Å². The summed E-state index contributed by atoms with van der Waals surface area (Å²) < 4.78 is 16.6. The third-order valence-electron chi connectivity index (χ3n) is 4.58. The Bertz CT molecular complexity index is 732. The van der Waals surface area contributed by atoms with Gasteiger partial charge in [-0.05, 0) is 42.7 Å². The highest BCUT2D eigenvalue weighted by atomic mass is 16.5. The third-order valence-corrected chi connectivity index (χ3v) is 4.58. The molecule has 5 heteroatoms. The Morgan fingerprint density at radius 3 is 2.58 bits per heavy atom. The predicted octanol–water partition coefficient (Wildman–Crippen LogP) is 3.32. The van der Waals surface area contributed by atoms with Crippen molar-refractivity contribution in [3.63, 3.8) is 0 Å². The maximum Gasteiger partial charge on any atom is 0.227 e. The first kappa shape index (κ1) is 18.1. The lowest BCUT2D eigenvalue weighted by molar-refractivity contribution is -0.133. The van der Waals surface area contributed by atoms with Crippen molar-refractivity contribution in [1.82, 2.24) is 4.90 Å². The summed E-state index contributed by atoms with van der Waals surface area (Å²) in [5, 5.41) is 0. The minimum Gasteiger partial charge on any atom is -0.493 e. The van der Waals surface area contributed by atoms with Crippen molar-refractivity contribution in [1.29, 1.82) is 0 Å². The fourth-order valence-corrected chi connectivity index (χ4v) is 3.23. The standard InChI is InChI=1S/C21H25NO4/c1-24-19-11-10-16(13-20(19)25-2)14-21(23)22-12-6-9-18(15-22)26-17-7-4-3-5-8-17/h3-5,7-8,10-11,13,18H,6,9,12,14-15H2,1-2H3. The quantitative estimate of drug-likeness (QED) is 0.798. The number of ether oxygens (including phenoxy) is 3. The molecule has 0 spiro atoms. The molecule has 1 amide bonds. The number of piperidine rings is 1. The van der Waals surface area contributed by atoms with E-state index in [1.54, 1.807) is 14.2 Å². The Morgan fingerprint density at radius 1 is 1.08 bits per heavy atom. The molecule has 5 nitrogen and oxygen atoms in total. The second-order valence-electron chi connectivity index (χ2n) is 6.40. The van der Waals surface area contributed by atoms with Crippen LogP contribution in [-0.4, -0.2) is 44.2 Å². The number of hydrogen-bond acceptors (Lipinski definition) is 4. The summed E-state index contributed by atoms with van der Waals surface area (Å²) in [6.07, 6.45) is 2.31. The Morgan fingerprint density at radius 2 is 1.85 bits per heavy atom. The monoisotopic (exact) mass is 355 g/mol. The molecule has 0 radical (unpaired) electrons. The maximum atomic E-state index is 12.7. The lowest BCUT2D eigenvalue weighted by Gasteiger charge is -2.33. The lowest BCUT2D eigenvalue weighted by Crippen LogP contribution is -2.45. The molecule has 2 aromatic rings. The van der Waals surface area contributed by atoms with Crippen LogP contribution in [-0.2, 0) is 11.2 Å². The zero-order valence-corrected chi connectivity index (χ0v) is 15.3. The van der Waals surface area contributed by atoms with E-state index in [4.69, 9.17) is 14.2 Å². The molecule has 1 saturated heterocycles. The van der Waals surface area contributed by atoms with Crippen LogP contribution in [0.3, 0.4) is 0 Å². The third kappa shape index (κ3) is 4.48. The van der Waals surface area contributed by atoms with Crippen molar-refractivity contribution >= 4 is 5.91 Å². The summed E-state index contributed by atoms with van der Waals surface area (Å²) in [5.41, 5.74) is 0.916. The molecule has 0 saturated carbocycles. The van der Waals surface area contributed by atoms with Gasteiger partial charge < -0.3 is 19.1 Å². The molecule has 26 heavy (non-hydrogen) atoms. The second kappa shape index (κ2) is 8.61. The van der Waals surface area contributed by atoms with Gasteiger partial charge in [0.25, 0.3) is 0 Å².